The number of likely N-dealkylation sites (tertiary alicyclic amines) is 1. The van der Waals surface area contributed by atoms with E-state index >= 15 is 0 Å². The number of nitriles is 1. The van der Waals surface area contributed by atoms with Crippen LogP contribution in [0.2, 0.25) is 0 Å². The Hall–Kier alpha value is -1.71. The molecule has 1 aromatic rings. The number of benzene rings is 1. The zero-order valence-corrected chi connectivity index (χ0v) is 14.3. The van der Waals surface area contributed by atoms with E-state index in [0.29, 0.717) is 18.3 Å². The van der Waals surface area contributed by atoms with Crippen molar-refractivity contribution in [1.82, 2.24) is 10.2 Å². The minimum atomic E-state index is 0.344. The van der Waals surface area contributed by atoms with Gasteiger partial charge in [-0.2, -0.15) is 5.26 Å². The summed E-state index contributed by atoms with van der Waals surface area (Å²) in [6, 6.07) is 8.34. The summed E-state index contributed by atoms with van der Waals surface area (Å²) in [6.45, 7) is 4.71. The number of hydrogen-bond donors (Lipinski definition) is 2. The van der Waals surface area contributed by atoms with Crippen LogP contribution in [0.3, 0.4) is 0 Å². The van der Waals surface area contributed by atoms with Crippen molar-refractivity contribution in [2.24, 2.45) is 4.99 Å². The van der Waals surface area contributed by atoms with Crippen molar-refractivity contribution in [3.63, 3.8) is 0 Å². The van der Waals surface area contributed by atoms with Crippen LogP contribution in [0.5, 0.6) is 5.75 Å². The zero-order valence-electron chi connectivity index (χ0n) is 13.4. The van der Waals surface area contributed by atoms with Gasteiger partial charge in [0, 0.05) is 13.1 Å². The molecule has 2 rings (SSSR count). The number of piperidine rings is 1. The smallest absolute Gasteiger partial charge is 0.208 e. The lowest BCUT2D eigenvalue weighted by molar-refractivity contribution is 0.220. The lowest BCUT2D eigenvalue weighted by Crippen LogP contribution is -2.29. The molecule has 0 aromatic heterocycles. The fraction of sp³-hybridized carbons (Fsp3) is 0.529. The fourth-order valence-corrected chi connectivity index (χ4v) is 2.82. The maximum Gasteiger partial charge on any atom is 0.208 e. The van der Waals surface area contributed by atoms with Crippen molar-refractivity contribution < 1.29 is 4.74 Å². The second kappa shape index (κ2) is 10.1. The van der Waals surface area contributed by atoms with E-state index in [1.165, 1.54) is 37.9 Å². The van der Waals surface area contributed by atoms with Crippen molar-refractivity contribution in [2.45, 2.75) is 32.2 Å². The third-order valence-corrected chi connectivity index (χ3v) is 4.04. The lowest BCUT2D eigenvalue weighted by atomic mass is 10.1. The van der Waals surface area contributed by atoms with Gasteiger partial charge >= 0.3 is 0 Å². The van der Waals surface area contributed by atoms with Gasteiger partial charge in [0.15, 0.2) is 5.17 Å². The van der Waals surface area contributed by atoms with Gasteiger partial charge in [-0.3, -0.25) is 4.90 Å². The summed E-state index contributed by atoms with van der Waals surface area (Å²) < 4.78 is 5.79. The first-order valence-corrected chi connectivity index (χ1v) is 8.56. The molecule has 1 aromatic carbocycles. The van der Waals surface area contributed by atoms with Crippen LogP contribution in [0.25, 0.3) is 0 Å². The highest BCUT2D eigenvalue weighted by Gasteiger charge is 2.10. The third-order valence-electron chi connectivity index (χ3n) is 3.78. The van der Waals surface area contributed by atoms with Crippen LogP contribution in [-0.2, 0) is 6.54 Å². The highest BCUT2D eigenvalue weighted by atomic mass is 32.1. The van der Waals surface area contributed by atoms with E-state index in [-0.39, 0.29) is 0 Å². The molecule has 1 fully saturated rings. The Labute approximate surface area is 143 Å². The van der Waals surface area contributed by atoms with E-state index in [0.717, 1.165) is 18.7 Å². The van der Waals surface area contributed by atoms with Crippen LogP contribution in [0.15, 0.2) is 29.3 Å². The van der Waals surface area contributed by atoms with E-state index in [1.807, 2.05) is 6.07 Å². The van der Waals surface area contributed by atoms with Gasteiger partial charge in [0.25, 0.3) is 0 Å². The number of nitrogens with one attached hydrogen (secondary N) is 1. The molecule has 5 nitrogen and oxygen atoms in total. The standard InChI is InChI=1S/C17H24N4OS/c18-14-20-17(23)19-8-5-11-22-16-7-4-6-15(12-16)13-21-9-2-1-3-10-21/h4,6-7,12H,1-3,5,8-11,13H2,(H2,19,20,23). The van der Waals surface area contributed by atoms with E-state index in [9.17, 15) is 0 Å². The minimum Gasteiger partial charge on any atom is -0.494 e. The molecular weight excluding hydrogens is 308 g/mol. The van der Waals surface area contributed by atoms with Crippen molar-refractivity contribution in [1.29, 1.82) is 5.26 Å². The summed E-state index contributed by atoms with van der Waals surface area (Å²) in [5.41, 5.74) is 1.31. The van der Waals surface area contributed by atoms with Gasteiger partial charge in [-0.25, -0.2) is 0 Å². The molecule has 0 spiro atoms. The van der Waals surface area contributed by atoms with Crippen molar-refractivity contribution in [2.75, 3.05) is 26.2 Å². The third kappa shape index (κ3) is 6.93. The summed E-state index contributed by atoms with van der Waals surface area (Å²) >= 11 is 4.03. The highest BCUT2D eigenvalue weighted by Crippen LogP contribution is 2.17. The number of thiol groups is 1. The Morgan fingerprint density at radius 3 is 2.96 bits per heavy atom. The van der Waals surface area contributed by atoms with Crippen LogP contribution in [0.4, 0.5) is 0 Å². The molecule has 0 unspecified atom stereocenters. The van der Waals surface area contributed by atoms with Crippen LogP contribution in [0, 0.1) is 11.5 Å². The molecule has 0 bridgehead atoms. The second-order valence-electron chi connectivity index (χ2n) is 5.65. The first-order valence-electron chi connectivity index (χ1n) is 8.11. The maximum atomic E-state index is 8.38. The summed E-state index contributed by atoms with van der Waals surface area (Å²) in [4.78, 5) is 5.99. The topological polar surface area (TPSA) is 60.6 Å². The van der Waals surface area contributed by atoms with E-state index in [4.69, 9.17) is 10.00 Å². The van der Waals surface area contributed by atoms with Gasteiger partial charge in [-0.15, -0.1) is 17.6 Å². The molecule has 0 amide bonds. The van der Waals surface area contributed by atoms with Gasteiger partial charge in [-0.05, 0) is 50.0 Å². The number of aliphatic imine (C=N–C) groups is 1. The van der Waals surface area contributed by atoms with Crippen molar-refractivity contribution >= 4 is 17.8 Å². The van der Waals surface area contributed by atoms with Crippen molar-refractivity contribution in [3.05, 3.63) is 29.8 Å². The number of ether oxygens (including phenoxy) is 1. The molecule has 1 N–H and O–H groups in total. The van der Waals surface area contributed by atoms with Gasteiger partial charge < -0.3 is 10.1 Å². The Kier molecular flexibility index (Phi) is 7.78. The monoisotopic (exact) mass is 332 g/mol. The van der Waals surface area contributed by atoms with Gasteiger partial charge in [-0.1, -0.05) is 18.6 Å². The minimum absolute atomic E-state index is 0.344. The molecule has 23 heavy (non-hydrogen) atoms. The summed E-state index contributed by atoms with van der Waals surface area (Å²) in [7, 11) is 0. The number of nitrogens with zero attached hydrogens (tertiary/aromatic N) is 3. The van der Waals surface area contributed by atoms with Gasteiger partial charge in [0.2, 0.25) is 6.19 Å². The number of hydrogen-bond acceptors (Lipinski definition) is 4. The Bertz CT molecular complexity index is 550. The van der Waals surface area contributed by atoms with Crippen LogP contribution < -0.4 is 10.1 Å². The van der Waals surface area contributed by atoms with Crippen LogP contribution >= 0.6 is 12.6 Å². The molecule has 1 aliphatic rings. The average Bonchev–Trinajstić information content (AvgIpc) is 2.56. The van der Waals surface area contributed by atoms with Crippen LogP contribution in [0.1, 0.15) is 31.2 Å². The average molecular weight is 332 g/mol. The number of rotatable bonds is 7. The summed E-state index contributed by atoms with van der Waals surface area (Å²) in [5.74, 6) is 0.913. The van der Waals surface area contributed by atoms with E-state index in [1.54, 1.807) is 6.19 Å². The predicted molar refractivity (Wildman–Crippen MR) is 95.7 cm³/mol. The molecule has 0 aliphatic carbocycles. The molecule has 0 atom stereocenters. The molecule has 0 saturated carbocycles. The van der Waals surface area contributed by atoms with Gasteiger partial charge in [0.05, 0.1) is 6.61 Å². The first-order chi connectivity index (χ1) is 11.3. The van der Waals surface area contributed by atoms with E-state index in [2.05, 4.69) is 46.0 Å². The Morgan fingerprint density at radius 2 is 2.17 bits per heavy atom. The quantitative estimate of drug-likeness (QED) is 0.265. The molecule has 6 heteroatoms. The molecular formula is C17H24N4OS. The molecule has 1 aliphatic heterocycles. The Morgan fingerprint density at radius 1 is 1.35 bits per heavy atom. The second-order valence-corrected chi connectivity index (χ2v) is 6.07. The normalized spacial score (nSPS) is 15.9. The molecule has 1 heterocycles. The van der Waals surface area contributed by atoms with Crippen molar-refractivity contribution in [3.8, 4) is 11.9 Å². The molecule has 124 valence electrons. The lowest BCUT2D eigenvalue weighted by Gasteiger charge is -2.26. The molecule has 1 saturated heterocycles. The fourth-order valence-electron chi connectivity index (χ4n) is 2.66. The largest absolute Gasteiger partial charge is 0.494 e. The van der Waals surface area contributed by atoms with E-state index < -0.39 is 0 Å². The first kappa shape index (κ1) is 17.6. The van der Waals surface area contributed by atoms with Crippen LogP contribution in [-0.4, -0.2) is 36.3 Å². The Balaban J connectivity index is 1.70. The summed E-state index contributed by atoms with van der Waals surface area (Å²) in [5, 5.41) is 11.7. The SMILES string of the molecule is N#C/N=C(\S)NCCCOc1cccc(CN2CCCCC2)c1. The molecule has 0 radical (unpaired) electrons. The van der Waals surface area contributed by atoms with Gasteiger partial charge in [0.1, 0.15) is 5.75 Å². The number of amidine groups is 1. The highest BCUT2D eigenvalue weighted by molar-refractivity contribution is 7.96. The predicted octanol–water partition coefficient (Wildman–Crippen LogP) is 2.80. The summed E-state index contributed by atoms with van der Waals surface area (Å²) in [6.07, 6.45) is 6.49. The zero-order chi connectivity index (χ0) is 16.3. The maximum absolute atomic E-state index is 8.38.